The zero-order valence-corrected chi connectivity index (χ0v) is 12.5. The van der Waals surface area contributed by atoms with Crippen molar-refractivity contribution in [1.29, 1.82) is 0 Å². The Bertz CT molecular complexity index is 407. The number of anilines is 1. The minimum atomic E-state index is -2.75. The lowest BCUT2D eigenvalue weighted by Gasteiger charge is -2.36. The summed E-state index contributed by atoms with van der Waals surface area (Å²) in [5.41, 5.74) is 7.42. The van der Waals surface area contributed by atoms with Crippen LogP contribution in [0.15, 0.2) is 24.3 Å². The maximum atomic E-state index is 10.5. The highest BCUT2D eigenvalue weighted by Gasteiger charge is 2.50. The van der Waals surface area contributed by atoms with Gasteiger partial charge in [0.25, 0.3) is 0 Å². The van der Waals surface area contributed by atoms with Crippen LogP contribution in [-0.2, 0) is 15.2 Å². The first-order valence-electron chi connectivity index (χ1n) is 6.75. The highest BCUT2D eigenvalue weighted by molar-refractivity contribution is 7.59. The van der Waals surface area contributed by atoms with Crippen LogP contribution < -0.4 is 5.73 Å². The fraction of sp³-hybridized carbons (Fsp3) is 0.571. The van der Waals surface area contributed by atoms with E-state index in [9.17, 15) is 4.89 Å². The van der Waals surface area contributed by atoms with Gasteiger partial charge in [-0.2, -0.15) is 13.9 Å². The number of nitrogens with two attached hydrogens (primary N) is 1. The molecule has 0 amide bonds. The molecule has 5 heteroatoms. The SMILES string of the molecule is CCC1(CC)CO[P+](O)(Cc2ccc(N)cc2)OC1. The predicted octanol–water partition coefficient (Wildman–Crippen LogP) is 3.38. The Morgan fingerprint density at radius 1 is 1.16 bits per heavy atom. The zero-order valence-electron chi connectivity index (χ0n) is 11.6. The van der Waals surface area contributed by atoms with Gasteiger partial charge in [-0.05, 0) is 30.5 Å². The van der Waals surface area contributed by atoms with E-state index in [0.717, 1.165) is 24.1 Å². The molecular formula is C14H23NO3P+. The molecule has 1 fully saturated rings. The van der Waals surface area contributed by atoms with E-state index in [2.05, 4.69) is 13.8 Å². The Labute approximate surface area is 115 Å². The summed E-state index contributed by atoms with van der Waals surface area (Å²) in [4.78, 5) is 10.5. The van der Waals surface area contributed by atoms with Crippen LogP contribution in [0.3, 0.4) is 0 Å². The van der Waals surface area contributed by atoms with Crippen molar-refractivity contribution in [2.24, 2.45) is 5.41 Å². The first kappa shape index (κ1) is 14.7. The quantitative estimate of drug-likeness (QED) is 0.657. The minimum absolute atomic E-state index is 0.0628. The fourth-order valence-corrected chi connectivity index (χ4v) is 4.04. The van der Waals surface area contributed by atoms with Crippen LogP contribution in [0.5, 0.6) is 0 Å². The predicted molar refractivity (Wildman–Crippen MR) is 78.6 cm³/mol. The van der Waals surface area contributed by atoms with E-state index in [-0.39, 0.29) is 5.41 Å². The highest BCUT2D eigenvalue weighted by Crippen LogP contribution is 2.64. The fourth-order valence-electron chi connectivity index (χ4n) is 2.16. The first-order valence-corrected chi connectivity index (χ1v) is 8.51. The van der Waals surface area contributed by atoms with E-state index in [1.54, 1.807) is 0 Å². The van der Waals surface area contributed by atoms with Crippen molar-refractivity contribution in [3.8, 4) is 0 Å². The maximum absolute atomic E-state index is 10.5. The van der Waals surface area contributed by atoms with Crippen molar-refractivity contribution in [3.63, 3.8) is 0 Å². The molecular weight excluding hydrogens is 261 g/mol. The van der Waals surface area contributed by atoms with Crippen LogP contribution in [-0.4, -0.2) is 18.1 Å². The summed E-state index contributed by atoms with van der Waals surface area (Å²) in [5, 5.41) is 0. The molecule has 1 heterocycles. The van der Waals surface area contributed by atoms with E-state index in [0.29, 0.717) is 19.4 Å². The van der Waals surface area contributed by atoms with E-state index < -0.39 is 7.94 Å². The molecule has 0 bridgehead atoms. The van der Waals surface area contributed by atoms with Gasteiger partial charge in [0.2, 0.25) is 0 Å². The molecule has 0 unspecified atom stereocenters. The standard InChI is InChI=1S/C14H23NO3P/c1-3-14(4-2)10-17-19(16,18-11-14)9-12-5-7-13(15)8-6-12/h5-8,16H,3-4,9-11,15H2,1-2H3/q+1. The van der Waals surface area contributed by atoms with Crippen LogP contribution in [0.1, 0.15) is 32.3 Å². The third-order valence-electron chi connectivity index (χ3n) is 4.01. The van der Waals surface area contributed by atoms with Gasteiger partial charge in [-0.3, -0.25) is 0 Å². The topological polar surface area (TPSA) is 64.7 Å². The molecule has 0 spiro atoms. The molecule has 3 N–H and O–H groups in total. The lowest BCUT2D eigenvalue weighted by atomic mass is 9.84. The van der Waals surface area contributed by atoms with Crippen LogP contribution in [0, 0.1) is 5.41 Å². The monoisotopic (exact) mass is 284 g/mol. The molecule has 1 saturated heterocycles. The Kier molecular flexibility index (Phi) is 4.46. The Morgan fingerprint density at radius 3 is 2.16 bits per heavy atom. The van der Waals surface area contributed by atoms with Gasteiger partial charge in [-0.15, -0.1) is 0 Å². The van der Waals surface area contributed by atoms with Crippen molar-refractivity contribution in [3.05, 3.63) is 29.8 Å². The van der Waals surface area contributed by atoms with Crippen molar-refractivity contribution in [2.45, 2.75) is 32.9 Å². The third-order valence-corrected chi connectivity index (χ3v) is 5.84. The molecule has 1 aromatic rings. The molecule has 1 aliphatic rings. The summed E-state index contributed by atoms with van der Waals surface area (Å²) < 4.78 is 11.4. The summed E-state index contributed by atoms with van der Waals surface area (Å²) in [6.07, 6.45) is 2.44. The Morgan fingerprint density at radius 2 is 1.68 bits per heavy atom. The summed E-state index contributed by atoms with van der Waals surface area (Å²) in [6, 6.07) is 7.46. The molecule has 0 saturated carbocycles. The molecule has 0 aromatic heterocycles. The second kappa shape index (κ2) is 5.76. The summed E-state index contributed by atoms with van der Waals surface area (Å²) in [7, 11) is -2.75. The minimum Gasteiger partial charge on any atom is -0.399 e. The molecule has 0 radical (unpaired) electrons. The highest BCUT2D eigenvalue weighted by atomic mass is 31.2. The van der Waals surface area contributed by atoms with Crippen LogP contribution >= 0.6 is 7.94 Å². The zero-order chi connectivity index (χ0) is 13.9. The number of rotatable bonds is 4. The van der Waals surface area contributed by atoms with Gasteiger partial charge in [0.15, 0.2) is 6.16 Å². The normalized spacial score (nSPS) is 21.2. The van der Waals surface area contributed by atoms with Crippen molar-refractivity contribution in [1.82, 2.24) is 0 Å². The summed E-state index contributed by atoms with van der Waals surface area (Å²) >= 11 is 0. The molecule has 1 aromatic carbocycles. The average Bonchev–Trinajstić information content (AvgIpc) is 2.43. The Balaban J connectivity index is 2.00. The van der Waals surface area contributed by atoms with Crippen LogP contribution in [0.4, 0.5) is 5.69 Å². The third kappa shape index (κ3) is 3.46. The second-order valence-electron chi connectivity index (χ2n) is 5.29. The van der Waals surface area contributed by atoms with Gasteiger partial charge in [-0.25, -0.2) is 0 Å². The molecule has 1 aliphatic heterocycles. The van der Waals surface area contributed by atoms with Crippen molar-refractivity contribution < 1.29 is 13.9 Å². The van der Waals surface area contributed by atoms with E-state index in [1.807, 2.05) is 24.3 Å². The van der Waals surface area contributed by atoms with Gasteiger partial charge in [0, 0.05) is 11.1 Å². The number of nitrogen functional groups attached to an aromatic ring is 1. The molecule has 0 aliphatic carbocycles. The number of hydrogen-bond acceptors (Lipinski definition) is 4. The smallest absolute Gasteiger partial charge is 0.399 e. The van der Waals surface area contributed by atoms with E-state index >= 15 is 0 Å². The Hall–Kier alpha value is -0.670. The van der Waals surface area contributed by atoms with Crippen LogP contribution in [0.25, 0.3) is 0 Å². The van der Waals surface area contributed by atoms with E-state index in [4.69, 9.17) is 14.8 Å². The molecule has 4 nitrogen and oxygen atoms in total. The molecule has 106 valence electrons. The molecule has 2 rings (SSSR count). The van der Waals surface area contributed by atoms with Gasteiger partial charge < -0.3 is 5.73 Å². The number of benzene rings is 1. The van der Waals surface area contributed by atoms with E-state index in [1.165, 1.54) is 0 Å². The maximum Gasteiger partial charge on any atom is 0.413 e. The van der Waals surface area contributed by atoms with Gasteiger partial charge in [0.1, 0.15) is 13.2 Å². The lowest BCUT2D eigenvalue weighted by molar-refractivity contribution is -0.00236. The van der Waals surface area contributed by atoms with Crippen molar-refractivity contribution in [2.75, 3.05) is 18.9 Å². The lowest BCUT2D eigenvalue weighted by Crippen LogP contribution is -2.36. The first-order chi connectivity index (χ1) is 9.01. The summed E-state index contributed by atoms with van der Waals surface area (Å²) in [5.74, 6) is 0. The summed E-state index contributed by atoms with van der Waals surface area (Å²) in [6.45, 7) is 5.44. The number of hydrogen-bond donors (Lipinski definition) is 2. The van der Waals surface area contributed by atoms with Gasteiger partial charge >= 0.3 is 7.94 Å². The molecule has 19 heavy (non-hydrogen) atoms. The average molecular weight is 284 g/mol. The molecule has 0 atom stereocenters. The van der Waals surface area contributed by atoms with Crippen LogP contribution in [0.2, 0.25) is 0 Å². The second-order valence-corrected chi connectivity index (χ2v) is 7.40. The van der Waals surface area contributed by atoms with Crippen molar-refractivity contribution >= 4 is 13.6 Å². The van der Waals surface area contributed by atoms with Gasteiger partial charge in [0.05, 0.1) is 0 Å². The van der Waals surface area contributed by atoms with Gasteiger partial charge in [-0.1, -0.05) is 26.0 Å². The largest absolute Gasteiger partial charge is 0.413 e.